The van der Waals surface area contributed by atoms with Crippen molar-refractivity contribution in [2.75, 3.05) is 0 Å². The molecule has 3 rings (SSSR count). The Bertz CT molecular complexity index is 690. The summed E-state index contributed by atoms with van der Waals surface area (Å²) in [6.45, 7) is 9.04. The van der Waals surface area contributed by atoms with Gasteiger partial charge in [-0.2, -0.15) is 0 Å². The summed E-state index contributed by atoms with van der Waals surface area (Å²) in [7, 11) is 0. The predicted molar refractivity (Wildman–Crippen MR) is 103 cm³/mol. The number of hydrogen-bond donors (Lipinski definition) is 1. The Kier molecular flexibility index (Phi) is 4.71. The monoisotopic (exact) mass is 322 g/mol. The molecule has 128 valence electrons. The van der Waals surface area contributed by atoms with E-state index in [2.05, 4.69) is 58.0 Å². The summed E-state index contributed by atoms with van der Waals surface area (Å²) in [5, 5.41) is 10.8. The first-order valence-electron chi connectivity index (χ1n) is 9.34. The van der Waals surface area contributed by atoms with Crippen molar-refractivity contribution in [1.29, 1.82) is 0 Å². The second-order valence-electron chi connectivity index (χ2n) is 8.31. The Morgan fingerprint density at radius 2 is 1.75 bits per heavy atom. The molecule has 0 heterocycles. The van der Waals surface area contributed by atoms with E-state index in [1.54, 1.807) is 0 Å². The summed E-state index contributed by atoms with van der Waals surface area (Å²) in [6, 6.07) is 14.8. The summed E-state index contributed by atoms with van der Waals surface area (Å²) >= 11 is 0. The SMILES string of the molecule is CCCC(c1cc(C(C)(C)C)c(-c2ccccc2)cc1O)C1CC1. The van der Waals surface area contributed by atoms with Crippen LogP contribution in [0.1, 0.15) is 70.4 Å². The largest absolute Gasteiger partial charge is 0.508 e. The molecule has 1 atom stereocenters. The number of hydrogen-bond acceptors (Lipinski definition) is 1. The minimum Gasteiger partial charge on any atom is -0.508 e. The van der Waals surface area contributed by atoms with Gasteiger partial charge in [-0.25, -0.2) is 0 Å². The number of phenolic OH excluding ortho intramolecular Hbond substituents is 1. The van der Waals surface area contributed by atoms with Gasteiger partial charge in [-0.05, 0) is 64.8 Å². The average Bonchev–Trinajstić information content (AvgIpc) is 3.37. The smallest absolute Gasteiger partial charge is 0.119 e. The van der Waals surface area contributed by atoms with Crippen LogP contribution < -0.4 is 0 Å². The molecule has 0 aliphatic heterocycles. The van der Waals surface area contributed by atoms with Gasteiger partial charge >= 0.3 is 0 Å². The normalized spacial score (nSPS) is 16.2. The van der Waals surface area contributed by atoms with Gasteiger partial charge in [0.15, 0.2) is 0 Å². The first-order valence-corrected chi connectivity index (χ1v) is 9.34. The zero-order valence-electron chi connectivity index (χ0n) is 15.5. The highest BCUT2D eigenvalue weighted by Gasteiger charge is 2.34. The summed E-state index contributed by atoms with van der Waals surface area (Å²) in [5.74, 6) is 1.76. The molecule has 1 nitrogen and oxygen atoms in total. The van der Waals surface area contributed by atoms with Crippen molar-refractivity contribution in [3.8, 4) is 16.9 Å². The van der Waals surface area contributed by atoms with Crippen molar-refractivity contribution in [1.82, 2.24) is 0 Å². The molecular formula is C23H30O. The molecule has 0 saturated heterocycles. The summed E-state index contributed by atoms with van der Waals surface area (Å²) in [6.07, 6.45) is 4.98. The topological polar surface area (TPSA) is 20.2 Å². The lowest BCUT2D eigenvalue weighted by Crippen LogP contribution is -2.14. The van der Waals surface area contributed by atoms with Crippen LogP contribution in [0.2, 0.25) is 0 Å². The molecule has 0 bridgehead atoms. The van der Waals surface area contributed by atoms with E-state index in [0.717, 1.165) is 11.5 Å². The minimum absolute atomic E-state index is 0.0495. The van der Waals surface area contributed by atoms with Gasteiger partial charge in [0, 0.05) is 0 Å². The van der Waals surface area contributed by atoms with Crippen molar-refractivity contribution in [3.05, 3.63) is 53.6 Å². The fourth-order valence-corrected chi connectivity index (χ4v) is 3.83. The van der Waals surface area contributed by atoms with Crippen LogP contribution in [0, 0.1) is 5.92 Å². The third-order valence-electron chi connectivity index (χ3n) is 5.25. The Labute approximate surface area is 146 Å². The van der Waals surface area contributed by atoms with Crippen molar-refractivity contribution < 1.29 is 5.11 Å². The fourth-order valence-electron chi connectivity index (χ4n) is 3.83. The Morgan fingerprint density at radius 1 is 1.08 bits per heavy atom. The van der Waals surface area contributed by atoms with E-state index in [-0.39, 0.29) is 5.41 Å². The molecule has 0 aromatic heterocycles. The van der Waals surface area contributed by atoms with Gasteiger partial charge in [-0.3, -0.25) is 0 Å². The molecule has 2 aromatic carbocycles. The lowest BCUT2D eigenvalue weighted by atomic mass is 9.78. The molecule has 1 aliphatic carbocycles. The van der Waals surface area contributed by atoms with Crippen molar-refractivity contribution >= 4 is 0 Å². The molecule has 1 unspecified atom stereocenters. The highest BCUT2D eigenvalue weighted by atomic mass is 16.3. The molecule has 1 saturated carbocycles. The second-order valence-corrected chi connectivity index (χ2v) is 8.31. The minimum atomic E-state index is 0.0495. The molecule has 1 heteroatoms. The number of rotatable bonds is 5. The van der Waals surface area contributed by atoms with E-state index in [1.807, 2.05) is 12.1 Å². The van der Waals surface area contributed by atoms with Crippen molar-refractivity contribution in [2.24, 2.45) is 5.92 Å². The molecular weight excluding hydrogens is 292 g/mol. The molecule has 24 heavy (non-hydrogen) atoms. The first kappa shape index (κ1) is 17.1. The fraction of sp³-hybridized carbons (Fsp3) is 0.478. The van der Waals surface area contributed by atoms with Crippen LogP contribution in [0.25, 0.3) is 11.1 Å². The molecule has 2 aromatic rings. The Hall–Kier alpha value is -1.76. The van der Waals surface area contributed by atoms with E-state index >= 15 is 0 Å². The van der Waals surface area contributed by atoms with Crippen LogP contribution in [-0.4, -0.2) is 5.11 Å². The van der Waals surface area contributed by atoms with Crippen LogP contribution in [0.15, 0.2) is 42.5 Å². The van der Waals surface area contributed by atoms with Gasteiger partial charge in [0.25, 0.3) is 0 Å². The van der Waals surface area contributed by atoms with E-state index in [0.29, 0.717) is 11.7 Å². The third kappa shape index (κ3) is 3.50. The van der Waals surface area contributed by atoms with E-state index in [9.17, 15) is 5.11 Å². The summed E-state index contributed by atoms with van der Waals surface area (Å²) in [5.41, 5.74) is 4.90. The quantitative estimate of drug-likeness (QED) is 0.653. The summed E-state index contributed by atoms with van der Waals surface area (Å²) < 4.78 is 0. The third-order valence-corrected chi connectivity index (χ3v) is 5.25. The first-order chi connectivity index (χ1) is 11.4. The molecule has 1 fully saturated rings. The van der Waals surface area contributed by atoms with Gasteiger partial charge in [0.1, 0.15) is 5.75 Å². The molecule has 0 spiro atoms. The molecule has 1 aliphatic rings. The van der Waals surface area contributed by atoms with Gasteiger partial charge in [0.05, 0.1) is 0 Å². The lowest BCUT2D eigenvalue weighted by Gasteiger charge is -2.27. The lowest BCUT2D eigenvalue weighted by molar-refractivity contribution is 0.445. The molecule has 0 radical (unpaired) electrons. The highest BCUT2D eigenvalue weighted by molar-refractivity contribution is 5.71. The van der Waals surface area contributed by atoms with E-state index in [4.69, 9.17) is 0 Å². The van der Waals surface area contributed by atoms with Crippen molar-refractivity contribution in [2.45, 2.75) is 64.7 Å². The zero-order chi connectivity index (χ0) is 17.3. The number of phenols is 1. The van der Waals surface area contributed by atoms with E-state index < -0.39 is 0 Å². The van der Waals surface area contributed by atoms with Gasteiger partial charge < -0.3 is 5.11 Å². The Morgan fingerprint density at radius 3 is 2.29 bits per heavy atom. The molecule has 1 N–H and O–H groups in total. The average molecular weight is 322 g/mol. The van der Waals surface area contributed by atoms with Crippen LogP contribution >= 0.6 is 0 Å². The Balaban J connectivity index is 2.13. The molecule has 0 amide bonds. The second kappa shape index (κ2) is 6.63. The summed E-state index contributed by atoms with van der Waals surface area (Å²) in [4.78, 5) is 0. The van der Waals surface area contributed by atoms with Crippen LogP contribution in [0.5, 0.6) is 5.75 Å². The van der Waals surface area contributed by atoms with Crippen LogP contribution in [0.4, 0.5) is 0 Å². The van der Waals surface area contributed by atoms with Crippen LogP contribution in [0.3, 0.4) is 0 Å². The maximum Gasteiger partial charge on any atom is 0.119 e. The van der Waals surface area contributed by atoms with Gasteiger partial charge in [0.2, 0.25) is 0 Å². The number of benzene rings is 2. The maximum atomic E-state index is 10.8. The standard InChI is InChI=1S/C23H30O/c1-5-9-18(17-12-13-17)20-14-21(23(2,3)4)19(15-22(20)24)16-10-7-6-8-11-16/h6-8,10-11,14-15,17-18,24H,5,9,12-13H2,1-4H3. The van der Waals surface area contributed by atoms with E-state index in [1.165, 1.54) is 42.4 Å². The van der Waals surface area contributed by atoms with Crippen molar-refractivity contribution in [3.63, 3.8) is 0 Å². The highest BCUT2D eigenvalue weighted by Crippen LogP contribution is 2.49. The van der Waals surface area contributed by atoms with Crippen LogP contribution in [-0.2, 0) is 5.41 Å². The van der Waals surface area contributed by atoms with Gasteiger partial charge in [-0.1, -0.05) is 70.5 Å². The predicted octanol–water partition coefficient (Wildman–Crippen LogP) is 6.65. The maximum absolute atomic E-state index is 10.8. The number of aromatic hydroxyl groups is 1. The van der Waals surface area contributed by atoms with Gasteiger partial charge in [-0.15, -0.1) is 0 Å². The zero-order valence-corrected chi connectivity index (χ0v) is 15.5.